The van der Waals surface area contributed by atoms with Crippen LogP contribution in [0.3, 0.4) is 0 Å². The van der Waals surface area contributed by atoms with Crippen molar-refractivity contribution in [3.63, 3.8) is 0 Å². The lowest BCUT2D eigenvalue weighted by Gasteiger charge is -2.22. The van der Waals surface area contributed by atoms with Crippen LogP contribution in [0.5, 0.6) is 5.75 Å². The number of benzene rings is 3. The summed E-state index contributed by atoms with van der Waals surface area (Å²) in [6, 6.07) is 16.7. The summed E-state index contributed by atoms with van der Waals surface area (Å²) in [7, 11) is 1.27. The first-order valence-corrected chi connectivity index (χ1v) is 11.5. The number of hydrogen-bond donors (Lipinski definition) is 1. The van der Waals surface area contributed by atoms with E-state index in [1.165, 1.54) is 13.2 Å². The molecule has 35 heavy (non-hydrogen) atoms. The van der Waals surface area contributed by atoms with Crippen LogP contribution in [0.4, 0.5) is 18.9 Å². The Kier molecular flexibility index (Phi) is 7.28. The molecule has 3 aromatic rings. The Hall–Kier alpha value is -3.55. The minimum atomic E-state index is -5.06. The Morgan fingerprint density at radius 2 is 1.71 bits per heavy atom. The number of ether oxygens (including phenoxy) is 2. The summed E-state index contributed by atoms with van der Waals surface area (Å²) >= 11 is 0. The molecular formula is C27H26F3NO4. The molecule has 1 saturated carbocycles. The van der Waals surface area contributed by atoms with Gasteiger partial charge in [0.2, 0.25) is 0 Å². The van der Waals surface area contributed by atoms with Gasteiger partial charge < -0.3 is 14.8 Å². The Morgan fingerprint density at radius 1 is 1.00 bits per heavy atom. The van der Waals surface area contributed by atoms with E-state index < -0.39 is 18.1 Å². The van der Waals surface area contributed by atoms with Gasteiger partial charge in [-0.2, -0.15) is 13.2 Å². The summed E-state index contributed by atoms with van der Waals surface area (Å²) < 4.78 is 50.4. The van der Waals surface area contributed by atoms with Crippen LogP contribution in [0.25, 0.3) is 21.9 Å². The molecule has 0 radical (unpaired) electrons. The highest BCUT2D eigenvalue weighted by atomic mass is 19.4. The van der Waals surface area contributed by atoms with Crippen LogP contribution >= 0.6 is 0 Å². The Morgan fingerprint density at radius 3 is 2.40 bits per heavy atom. The zero-order chi connectivity index (χ0) is 25.0. The lowest BCUT2D eigenvalue weighted by molar-refractivity contribution is -0.167. The molecule has 0 saturated heterocycles. The van der Waals surface area contributed by atoms with Crippen LogP contribution < -0.4 is 10.1 Å². The fourth-order valence-electron chi connectivity index (χ4n) is 4.34. The van der Waals surface area contributed by atoms with Crippen LogP contribution in [0.15, 0.2) is 54.6 Å². The van der Waals surface area contributed by atoms with Gasteiger partial charge in [-0.05, 0) is 72.2 Å². The van der Waals surface area contributed by atoms with E-state index in [0.717, 1.165) is 42.0 Å². The van der Waals surface area contributed by atoms with E-state index in [9.17, 15) is 22.8 Å². The van der Waals surface area contributed by atoms with Crippen LogP contribution in [0.1, 0.15) is 37.7 Å². The molecule has 0 atom stereocenters. The summed E-state index contributed by atoms with van der Waals surface area (Å²) in [5, 5.41) is 3.98. The minimum absolute atomic E-state index is 0.0448. The second kappa shape index (κ2) is 10.4. The van der Waals surface area contributed by atoms with E-state index in [1.54, 1.807) is 6.07 Å². The summed E-state index contributed by atoms with van der Waals surface area (Å²) in [5.41, 5.74) is 1.81. The summed E-state index contributed by atoms with van der Waals surface area (Å²) in [4.78, 5) is 23.6. The third-order valence-corrected chi connectivity index (χ3v) is 6.15. The fourth-order valence-corrected chi connectivity index (χ4v) is 4.34. The van der Waals surface area contributed by atoms with Gasteiger partial charge in [0, 0.05) is 12.0 Å². The number of carbonyl (C=O) groups excluding carboxylic acids is 2. The van der Waals surface area contributed by atoms with Gasteiger partial charge in [0.15, 0.2) is 5.75 Å². The fraction of sp³-hybridized carbons (Fsp3) is 0.333. The summed E-state index contributed by atoms with van der Waals surface area (Å²) in [5.74, 6) is -2.32. The normalized spacial score (nSPS) is 14.2. The highest BCUT2D eigenvalue weighted by Gasteiger charge is 2.39. The minimum Gasteiger partial charge on any atom is -0.488 e. The van der Waals surface area contributed by atoms with Gasteiger partial charge in [0.1, 0.15) is 0 Å². The molecule has 1 aliphatic carbocycles. The topological polar surface area (TPSA) is 64.6 Å². The van der Waals surface area contributed by atoms with Gasteiger partial charge in [-0.3, -0.25) is 9.59 Å². The number of rotatable bonds is 7. The first kappa shape index (κ1) is 24.6. The molecule has 4 rings (SSSR count). The average Bonchev–Trinajstić information content (AvgIpc) is 3.36. The second-order valence-corrected chi connectivity index (χ2v) is 8.63. The number of anilines is 1. The molecule has 0 bridgehead atoms. The molecule has 0 aromatic heterocycles. The molecule has 0 aliphatic heterocycles. The van der Waals surface area contributed by atoms with Crippen molar-refractivity contribution < 1.29 is 32.2 Å². The van der Waals surface area contributed by atoms with Gasteiger partial charge in [0.05, 0.1) is 18.9 Å². The van der Waals surface area contributed by atoms with Gasteiger partial charge >= 0.3 is 18.1 Å². The molecule has 0 spiro atoms. The number of hydrogen-bond acceptors (Lipinski definition) is 4. The average molecular weight is 486 g/mol. The van der Waals surface area contributed by atoms with E-state index in [4.69, 9.17) is 9.47 Å². The zero-order valence-electron chi connectivity index (χ0n) is 19.3. The van der Waals surface area contributed by atoms with Crippen LogP contribution in [-0.4, -0.2) is 31.3 Å². The van der Waals surface area contributed by atoms with Gasteiger partial charge in [-0.25, -0.2) is 0 Å². The van der Waals surface area contributed by atoms with Crippen LogP contribution in [0.2, 0.25) is 0 Å². The third-order valence-electron chi connectivity index (χ3n) is 6.15. The largest absolute Gasteiger partial charge is 0.488 e. The first-order chi connectivity index (χ1) is 16.7. The standard InChI is InChI=1S/C27H26F3NO4/c1-34-24(32)13-10-17-14-22(20-12-11-18-6-2-3-7-19(18)16-20)25(35-21-8-4-5-9-21)23(15-17)31-26(33)27(28,29)30/h2-3,6-7,11-12,14-16,21H,4-5,8-10,13H2,1H3,(H,31,33). The van der Waals surface area contributed by atoms with Crippen molar-refractivity contribution in [2.75, 3.05) is 12.4 Å². The molecule has 1 N–H and O–H groups in total. The Balaban J connectivity index is 1.85. The van der Waals surface area contributed by atoms with Crippen molar-refractivity contribution in [3.8, 4) is 16.9 Å². The predicted octanol–water partition coefficient (Wildman–Crippen LogP) is 6.43. The van der Waals surface area contributed by atoms with Gasteiger partial charge in [-0.1, -0.05) is 36.4 Å². The number of halogens is 3. The number of alkyl halides is 3. The Bertz CT molecular complexity index is 1230. The van der Waals surface area contributed by atoms with Crippen molar-refractivity contribution in [1.29, 1.82) is 0 Å². The first-order valence-electron chi connectivity index (χ1n) is 11.5. The van der Waals surface area contributed by atoms with E-state index in [2.05, 4.69) is 0 Å². The molecular weight excluding hydrogens is 459 g/mol. The number of fused-ring (bicyclic) bond motifs is 1. The highest BCUT2D eigenvalue weighted by molar-refractivity contribution is 5.98. The lowest BCUT2D eigenvalue weighted by Crippen LogP contribution is -2.30. The number of methoxy groups -OCH3 is 1. The van der Waals surface area contributed by atoms with Crippen molar-refractivity contribution >= 4 is 28.3 Å². The monoisotopic (exact) mass is 485 g/mol. The summed E-state index contributed by atoms with van der Waals surface area (Å²) in [6.45, 7) is 0. The maximum absolute atomic E-state index is 13.2. The van der Waals surface area contributed by atoms with Gasteiger partial charge in [0.25, 0.3) is 0 Å². The smallest absolute Gasteiger partial charge is 0.471 e. The number of esters is 1. The van der Waals surface area contributed by atoms with E-state index in [1.807, 2.05) is 47.8 Å². The summed E-state index contributed by atoms with van der Waals surface area (Å²) in [6.07, 6.45) is -1.43. The van der Waals surface area contributed by atoms with Crippen molar-refractivity contribution in [3.05, 3.63) is 60.2 Å². The molecule has 0 heterocycles. The number of amides is 1. The molecule has 1 aliphatic rings. The molecule has 3 aromatic carbocycles. The number of nitrogens with one attached hydrogen (secondary N) is 1. The highest BCUT2D eigenvalue weighted by Crippen LogP contribution is 2.42. The maximum Gasteiger partial charge on any atom is 0.471 e. The molecule has 1 fully saturated rings. The Labute approximate surface area is 201 Å². The quantitative estimate of drug-likeness (QED) is 0.392. The third kappa shape index (κ3) is 5.93. The van der Waals surface area contributed by atoms with Crippen LogP contribution in [-0.2, 0) is 20.7 Å². The molecule has 1 amide bonds. The predicted molar refractivity (Wildman–Crippen MR) is 127 cm³/mol. The van der Waals surface area contributed by atoms with E-state index in [-0.39, 0.29) is 30.4 Å². The maximum atomic E-state index is 13.2. The number of carbonyl (C=O) groups is 2. The van der Waals surface area contributed by atoms with Crippen molar-refractivity contribution in [1.82, 2.24) is 0 Å². The van der Waals surface area contributed by atoms with Crippen molar-refractivity contribution in [2.24, 2.45) is 0 Å². The lowest BCUT2D eigenvalue weighted by atomic mass is 9.96. The second-order valence-electron chi connectivity index (χ2n) is 8.63. The van der Waals surface area contributed by atoms with E-state index in [0.29, 0.717) is 11.1 Å². The molecule has 0 unspecified atom stereocenters. The van der Waals surface area contributed by atoms with Crippen molar-refractivity contribution in [2.45, 2.75) is 50.8 Å². The molecule has 184 valence electrons. The molecule has 5 nitrogen and oxygen atoms in total. The van der Waals surface area contributed by atoms with E-state index >= 15 is 0 Å². The SMILES string of the molecule is COC(=O)CCc1cc(NC(=O)C(F)(F)F)c(OC2CCCC2)c(-c2ccc3ccccc3c2)c1. The zero-order valence-corrected chi connectivity index (χ0v) is 19.3. The van der Waals surface area contributed by atoms with Crippen LogP contribution in [0, 0.1) is 0 Å². The number of aryl methyl sites for hydroxylation is 1. The molecule has 8 heteroatoms. The van der Waals surface area contributed by atoms with Gasteiger partial charge in [-0.15, -0.1) is 0 Å².